The summed E-state index contributed by atoms with van der Waals surface area (Å²) in [6.45, 7) is 1.41. The number of carbonyl (C=O) groups excluding carboxylic acids is 1. The number of ether oxygens (including phenoxy) is 1. The first-order valence-corrected chi connectivity index (χ1v) is 3.81. The quantitative estimate of drug-likeness (QED) is 0.563. The number of likely N-dealkylation sites (tertiary alicyclic amines) is 1. The van der Waals surface area contributed by atoms with E-state index in [0.717, 1.165) is 0 Å². The molecule has 0 saturated carbocycles. The molecule has 1 fully saturated rings. The molecule has 1 saturated heterocycles. The number of nitrogens with two attached hydrogens (primary N) is 1. The van der Waals surface area contributed by atoms with Crippen LogP contribution in [0.3, 0.4) is 0 Å². The maximum absolute atomic E-state index is 10.9. The van der Waals surface area contributed by atoms with Crippen LogP contribution >= 0.6 is 0 Å². The van der Waals surface area contributed by atoms with Crippen molar-refractivity contribution in [3.8, 4) is 0 Å². The van der Waals surface area contributed by atoms with E-state index < -0.39 is 0 Å². The van der Waals surface area contributed by atoms with E-state index in [0.29, 0.717) is 19.6 Å². The van der Waals surface area contributed by atoms with Crippen LogP contribution in [-0.2, 0) is 4.74 Å². The molecule has 5 nitrogen and oxygen atoms in total. The third-order valence-corrected chi connectivity index (χ3v) is 2.25. The first-order chi connectivity index (χ1) is 5.67. The molecular formula is C7H14N2O3. The SMILES string of the molecule is COC(=O)N1CC(CN)(CO)C1. The lowest BCUT2D eigenvalue weighted by Crippen LogP contribution is -2.63. The summed E-state index contributed by atoms with van der Waals surface area (Å²) in [4.78, 5) is 12.4. The van der Waals surface area contributed by atoms with Gasteiger partial charge in [0.25, 0.3) is 0 Å². The molecule has 0 aromatic rings. The molecule has 0 aliphatic carbocycles. The zero-order valence-corrected chi connectivity index (χ0v) is 7.12. The summed E-state index contributed by atoms with van der Waals surface area (Å²) >= 11 is 0. The highest BCUT2D eigenvalue weighted by Crippen LogP contribution is 2.28. The number of amides is 1. The Hall–Kier alpha value is -0.810. The van der Waals surface area contributed by atoms with Crippen molar-refractivity contribution >= 4 is 6.09 Å². The van der Waals surface area contributed by atoms with Crippen molar-refractivity contribution in [2.75, 3.05) is 33.4 Å². The predicted molar refractivity (Wildman–Crippen MR) is 42.6 cm³/mol. The highest BCUT2D eigenvalue weighted by Gasteiger charge is 2.44. The van der Waals surface area contributed by atoms with Gasteiger partial charge in [0.1, 0.15) is 0 Å². The van der Waals surface area contributed by atoms with Crippen LogP contribution in [0.4, 0.5) is 4.79 Å². The second-order valence-electron chi connectivity index (χ2n) is 3.19. The van der Waals surface area contributed by atoms with Crippen molar-refractivity contribution in [2.24, 2.45) is 11.1 Å². The molecule has 0 radical (unpaired) electrons. The highest BCUT2D eigenvalue weighted by molar-refractivity contribution is 5.68. The van der Waals surface area contributed by atoms with Crippen molar-refractivity contribution < 1.29 is 14.6 Å². The van der Waals surface area contributed by atoms with E-state index in [4.69, 9.17) is 10.8 Å². The lowest BCUT2D eigenvalue weighted by Gasteiger charge is -2.47. The number of hydrogen-bond donors (Lipinski definition) is 2. The third-order valence-electron chi connectivity index (χ3n) is 2.25. The van der Waals surface area contributed by atoms with Gasteiger partial charge >= 0.3 is 6.09 Å². The van der Waals surface area contributed by atoms with E-state index >= 15 is 0 Å². The standard InChI is InChI=1S/C7H14N2O3/c1-12-6(11)9-3-7(2-8,4-9)5-10/h10H,2-5,8H2,1H3. The Morgan fingerprint density at radius 2 is 2.33 bits per heavy atom. The van der Waals surface area contributed by atoms with Gasteiger partial charge in [0, 0.05) is 25.0 Å². The van der Waals surface area contributed by atoms with Gasteiger partial charge in [0.2, 0.25) is 0 Å². The molecule has 0 aromatic heterocycles. The average Bonchev–Trinajstić information content (AvgIpc) is 2.04. The maximum Gasteiger partial charge on any atom is 0.409 e. The highest BCUT2D eigenvalue weighted by atomic mass is 16.5. The predicted octanol–water partition coefficient (Wildman–Crippen LogP) is -0.994. The molecule has 3 N–H and O–H groups in total. The molecule has 12 heavy (non-hydrogen) atoms. The van der Waals surface area contributed by atoms with Gasteiger partial charge in [-0.15, -0.1) is 0 Å². The van der Waals surface area contributed by atoms with Crippen LogP contribution < -0.4 is 5.73 Å². The van der Waals surface area contributed by atoms with E-state index in [9.17, 15) is 4.79 Å². The molecule has 0 unspecified atom stereocenters. The zero-order chi connectivity index (χ0) is 9.19. The molecule has 1 aliphatic rings. The van der Waals surface area contributed by atoms with Crippen LogP contribution in [0.25, 0.3) is 0 Å². The first kappa shape index (κ1) is 9.28. The topological polar surface area (TPSA) is 75.8 Å². The van der Waals surface area contributed by atoms with Crippen LogP contribution in [0.15, 0.2) is 0 Å². The minimum Gasteiger partial charge on any atom is -0.453 e. The Morgan fingerprint density at radius 3 is 2.67 bits per heavy atom. The molecule has 5 heteroatoms. The van der Waals surface area contributed by atoms with Gasteiger partial charge < -0.3 is 20.5 Å². The Balaban J connectivity index is 2.40. The van der Waals surface area contributed by atoms with Gasteiger partial charge in [-0.05, 0) is 0 Å². The van der Waals surface area contributed by atoms with Gasteiger partial charge in [-0.2, -0.15) is 0 Å². The molecule has 1 amide bonds. The van der Waals surface area contributed by atoms with E-state index in [1.807, 2.05) is 0 Å². The van der Waals surface area contributed by atoms with Crippen molar-refractivity contribution in [3.63, 3.8) is 0 Å². The van der Waals surface area contributed by atoms with E-state index in [1.54, 1.807) is 0 Å². The Kier molecular flexibility index (Phi) is 2.54. The van der Waals surface area contributed by atoms with Gasteiger partial charge in [0.05, 0.1) is 13.7 Å². The molecule has 70 valence electrons. The van der Waals surface area contributed by atoms with Crippen molar-refractivity contribution in [3.05, 3.63) is 0 Å². The number of carbonyl (C=O) groups is 1. The molecule has 0 aromatic carbocycles. The van der Waals surface area contributed by atoms with Gasteiger partial charge in [0.15, 0.2) is 0 Å². The van der Waals surface area contributed by atoms with Crippen molar-refractivity contribution in [2.45, 2.75) is 0 Å². The van der Waals surface area contributed by atoms with Gasteiger partial charge in [-0.25, -0.2) is 4.79 Å². The van der Waals surface area contributed by atoms with E-state index in [2.05, 4.69) is 4.74 Å². The number of aliphatic hydroxyl groups is 1. The van der Waals surface area contributed by atoms with E-state index in [1.165, 1.54) is 12.0 Å². The molecule has 1 aliphatic heterocycles. The largest absolute Gasteiger partial charge is 0.453 e. The Bertz CT molecular complexity index is 171. The zero-order valence-electron chi connectivity index (χ0n) is 7.12. The molecular weight excluding hydrogens is 160 g/mol. The van der Waals surface area contributed by atoms with Crippen LogP contribution in [0.5, 0.6) is 0 Å². The van der Waals surface area contributed by atoms with E-state index in [-0.39, 0.29) is 18.1 Å². The number of aliphatic hydroxyl groups excluding tert-OH is 1. The summed E-state index contributed by atoms with van der Waals surface area (Å²) in [6, 6.07) is 0. The second-order valence-corrected chi connectivity index (χ2v) is 3.19. The normalized spacial score (nSPS) is 20.1. The lowest BCUT2D eigenvalue weighted by atomic mass is 9.81. The lowest BCUT2D eigenvalue weighted by molar-refractivity contribution is -0.0261. The molecule has 0 atom stereocenters. The van der Waals surface area contributed by atoms with Gasteiger partial charge in [-0.1, -0.05) is 0 Å². The summed E-state index contributed by atoms with van der Waals surface area (Å²) in [6.07, 6.45) is -0.354. The fourth-order valence-corrected chi connectivity index (χ4v) is 1.32. The minimum absolute atomic E-state index is 0.0248. The molecule has 0 spiro atoms. The van der Waals surface area contributed by atoms with Gasteiger partial charge in [-0.3, -0.25) is 0 Å². The minimum atomic E-state index is -0.354. The number of methoxy groups -OCH3 is 1. The van der Waals surface area contributed by atoms with Crippen molar-refractivity contribution in [1.29, 1.82) is 0 Å². The monoisotopic (exact) mass is 174 g/mol. The number of nitrogens with zero attached hydrogens (tertiary/aromatic N) is 1. The fraction of sp³-hybridized carbons (Fsp3) is 0.857. The second kappa shape index (κ2) is 3.28. The summed E-state index contributed by atoms with van der Waals surface area (Å²) in [7, 11) is 1.34. The van der Waals surface area contributed by atoms with Crippen LogP contribution in [0.1, 0.15) is 0 Å². The van der Waals surface area contributed by atoms with Crippen molar-refractivity contribution in [1.82, 2.24) is 4.90 Å². The summed E-state index contributed by atoms with van der Waals surface area (Å²) < 4.78 is 4.50. The molecule has 1 rings (SSSR count). The average molecular weight is 174 g/mol. The summed E-state index contributed by atoms with van der Waals surface area (Å²) in [5.41, 5.74) is 5.16. The molecule has 0 bridgehead atoms. The maximum atomic E-state index is 10.9. The Labute approximate surface area is 71.1 Å². The first-order valence-electron chi connectivity index (χ1n) is 3.81. The smallest absolute Gasteiger partial charge is 0.409 e. The van der Waals surface area contributed by atoms with Crippen LogP contribution in [0.2, 0.25) is 0 Å². The molecule has 1 heterocycles. The third kappa shape index (κ3) is 1.37. The Morgan fingerprint density at radius 1 is 1.75 bits per heavy atom. The number of rotatable bonds is 2. The summed E-state index contributed by atoms with van der Waals surface area (Å²) in [5, 5.41) is 8.95. The van der Waals surface area contributed by atoms with Crippen LogP contribution in [0, 0.1) is 5.41 Å². The summed E-state index contributed by atoms with van der Waals surface area (Å²) in [5.74, 6) is 0. The fourth-order valence-electron chi connectivity index (χ4n) is 1.32. The van der Waals surface area contributed by atoms with Crippen LogP contribution in [-0.4, -0.2) is 49.5 Å². The number of hydrogen-bond acceptors (Lipinski definition) is 4.